The van der Waals surface area contributed by atoms with Crippen molar-refractivity contribution in [2.24, 2.45) is 5.16 Å². The summed E-state index contributed by atoms with van der Waals surface area (Å²) in [6.07, 6.45) is 0.265. The van der Waals surface area contributed by atoms with Gasteiger partial charge in [0, 0.05) is 15.1 Å². The Morgan fingerprint density at radius 3 is 2.43 bits per heavy atom. The van der Waals surface area contributed by atoms with Gasteiger partial charge in [-0.3, -0.25) is 4.72 Å². The van der Waals surface area contributed by atoms with Crippen LogP contribution < -0.4 is 4.72 Å². The standard InChI is InChI=1S/C17H15BrClF3N2O3S/c1-2-15(23-27-10-11-3-5-12(18)6-4-11)14-9-13(19)7-8-16(14)24-28(25,26)17(20,21)22/h3-9,24H,2,10H2,1H3/b23-15+. The maximum atomic E-state index is 12.7. The van der Waals surface area contributed by atoms with Gasteiger partial charge in [0.25, 0.3) is 0 Å². The van der Waals surface area contributed by atoms with E-state index in [-0.39, 0.29) is 35.0 Å². The number of benzene rings is 2. The van der Waals surface area contributed by atoms with E-state index in [2.05, 4.69) is 21.1 Å². The molecule has 28 heavy (non-hydrogen) atoms. The Balaban J connectivity index is 2.29. The molecule has 0 fully saturated rings. The van der Waals surface area contributed by atoms with E-state index >= 15 is 0 Å². The van der Waals surface area contributed by atoms with Gasteiger partial charge in [0.2, 0.25) is 0 Å². The summed E-state index contributed by atoms with van der Waals surface area (Å²) in [6.45, 7) is 1.83. The zero-order valence-electron chi connectivity index (χ0n) is 14.4. The van der Waals surface area contributed by atoms with Crippen molar-refractivity contribution in [1.82, 2.24) is 0 Å². The molecule has 0 spiro atoms. The molecule has 1 N–H and O–H groups in total. The minimum Gasteiger partial charge on any atom is -0.391 e. The van der Waals surface area contributed by atoms with E-state index in [0.717, 1.165) is 16.1 Å². The predicted molar refractivity (Wildman–Crippen MR) is 106 cm³/mol. The second-order valence-corrected chi connectivity index (χ2v) is 8.56. The number of anilines is 1. The van der Waals surface area contributed by atoms with Gasteiger partial charge < -0.3 is 4.84 Å². The van der Waals surface area contributed by atoms with Gasteiger partial charge >= 0.3 is 15.5 Å². The molecule has 0 unspecified atom stereocenters. The fourth-order valence-electron chi connectivity index (χ4n) is 2.12. The fourth-order valence-corrected chi connectivity index (χ4v) is 3.14. The molecule has 0 heterocycles. The van der Waals surface area contributed by atoms with Crippen LogP contribution in [0.4, 0.5) is 18.9 Å². The minimum atomic E-state index is -5.59. The summed E-state index contributed by atoms with van der Waals surface area (Å²) < 4.78 is 63.4. The first kappa shape index (κ1) is 22.5. The van der Waals surface area contributed by atoms with Crippen LogP contribution in [0.2, 0.25) is 5.02 Å². The highest BCUT2D eigenvalue weighted by atomic mass is 79.9. The molecule has 2 rings (SSSR count). The molecule has 0 aliphatic heterocycles. The molecule has 0 aliphatic carbocycles. The van der Waals surface area contributed by atoms with Gasteiger partial charge in [0.15, 0.2) is 0 Å². The highest BCUT2D eigenvalue weighted by Crippen LogP contribution is 2.29. The van der Waals surface area contributed by atoms with Crippen LogP contribution in [-0.4, -0.2) is 19.6 Å². The number of nitrogens with zero attached hydrogens (tertiary/aromatic N) is 1. The smallest absolute Gasteiger partial charge is 0.391 e. The molecule has 0 saturated carbocycles. The first-order valence-electron chi connectivity index (χ1n) is 7.85. The average molecular weight is 500 g/mol. The van der Waals surface area contributed by atoms with Crippen LogP contribution in [0.5, 0.6) is 0 Å². The van der Waals surface area contributed by atoms with Gasteiger partial charge in [-0.05, 0) is 42.3 Å². The summed E-state index contributed by atoms with van der Waals surface area (Å²) in [5.41, 5.74) is -4.59. The number of hydrogen-bond donors (Lipinski definition) is 1. The first-order chi connectivity index (χ1) is 13.0. The molecular formula is C17H15BrClF3N2O3S. The zero-order valence-corrected chi connectivity index (χ0v) is 17.6. The van der Waals surface area contributed by atoms with Gasteiger partial charge in [0.1, 0.15) is 6.61 Å². The van der Waals surface area contributed by atoms with E-state index in [9.17, 15) is 21.6 Å². The molecule has 0 aromatic heterocycles. The molecule has 5 nitrogen and oxygen atoms in total. The lowest BCUT2D eigenvalue weighted by molar-refractivity contribution is -0.0429. The summed E-state index contributed by atoms with van der Waals surface area (Å²) in [4.78, 5) is 5.29. The van der Waals surface area contributed by atoms with E-state index in [1.54, 1.807) is 6.92 Å². The number of halogens is 5. The van der Waals surface area contributed by atoms with Crippen LogP contribution in [0.25, 0.3) is 0 Å². The summed E-state index contributed by atoms with van der Waals surface area (Å²) >= 11 is 9.24. The van der Waals surface area contributed by atoms with Crippen LogP contribution in [-0.2, 0) is 21.5 Å². The normalized spacial score (nSPS) is 12.7. The van der Waals surface area contributed by atoms with Gasteiger partial charge in [-0.25, -0.2) is 0 Å². The fraction of sp³-hybridized carbons (Fsp3) is 0.235. The molecule has 2 aromatic rings. The van der Waals surface area contributed by atoms with Crippen molar-refractivity contribution >= 4 is 49.0 Å². The second-order valence-electron chi connectivity index (χ2n) is 5.53. The van der Waals surface area contributed by atoms with E-state index in [4.69, 9.17) is 16.4 Å². The molecule has 0 radical (unpaired) electrons. The van der Waals surface area contributed by atoms with Crippen molar-refractivity contribution in [3.8, 4) is 0 Å². The quantitative estimate of drug-likeness (QED) is 0.393. The van der Waals surface area contributed by atoms with Crippen molar-refractivity contribution in [2.45, 2.75) is 25.5 Å². The molecular weight excluding hydrogens is 485 g/mol. The number of sulfonamides is 1. The number of alkyl halides is 3. The van der Waals surface area contributed by atoms with Crippen LogP contribution >= 0.6 is 27.5 Å². The highest BCUT2D eigenvalue weighted by molar-refractivity contribution is 9.10. The second kappa shape index (κ2) is 9.15. The Hall–Kier alpha value is -1.78. The monoisotopic (exact) mass is 498 g/mol. The van der Waals surface area contributed by atoms with Crippen LogP contribution in [0.1, 0.15) is 24.5 Å². The van der Waals surface area contributed by atoms with Gasteiger partial charge in [-0.2, -0.15) is 21.6 Å². The van der Waals surface area contributed by atoms with E-state index in [1.807, 2.05) is 24.3 Å². The summed E-state index contributed by atoms with van der Waals surface area (Å²) in [5, 5.41) is 4.16. The molecule has 0 atom stereocenters. The van der Waals surface area contributed by atoms with Gasteiger partial charge in [-0.1, -0.05) is 51.7 Å². The predicted octanol–water partition coefficient (Wildman–Crippen LogP) is 5.69. The SMILES string of the molecule is CC/C(=N\OCc1ccc(Br)cc1)c1cc(Cl)ccc1NS(=O)(=O)C(F)(F)F. The number of hydrogen-bond acceptors (Lipinski definition) is 4. The largest absolute Gasteiger partial charge is 0.516 e. The Labute approximate surface area is 173 Å². The summed E-state index contributed by atoms with van der Waals surface area (Å²) in [5.74, 6) is 0. The molecule has 0 aliphatic rings. The lowest BCUT2D eigenvalue weighted by atomic mass is 10.1. The highest BCUT2D eigenvalue weighted by Gasteiger charge is 2.46. The topological polar surface area (TPSA) is 67.8 Å². The average Bonchev–Trinajstić information content (AvgIpc) is 2.61. The van der Waals surface area contributed by atoms with Crippen molar-refractivity contribution in [1.29, 1.82) is 0 Å². The molecule has 0 bridgehead atoms. The Bertz CT molecular complexity index is 965. The molecule has 2 aromatic carbocycles. The third-order valence-corrected chi connectivity index (χ3v) is 5.36. The maximum absolute atomic E-state index is 12.7. The third kappa shape index (κ3) is 5.86. The molecule has 0 saturated heterocycles. The maximum Gasteiger partial charge on any atom is 0.516 e. The number of rotatable bonds is 7. The molecule has 0 amide bonds. The summed E-state index contributed by atoms with van der Waals surface area (Å²) in [6, 6.07) is 11.0. The van der Waals surface area contributed by atoms with Crippen LogP contribution in [0.15, 0.2) is 52.1 Å². The molecule has 11 heteroatoms. The van der Waals surface area contributed by atoms with E-state index < -0.39 is 15.5 Å². The van der Waals surface area contributed by atoms with Crippen LogP contribution in [0, 0.1) is 0 Å². The van der Waals surface area contributed by atoms with Crippen LogP contribution in [0.3, 0.4) is 0 Å². The molecule has 152 valence electrons. The minimum absolute atomic E-state index is 0.0960. The zero-order chi connectivity index (χ0) is 20.9. The number of oxime groups is 1. The van der Waals surface area contributed by atoms with Gasteiger partial charge in [0.05, 0.1) is 11.4 Å². The van der Waals surface area contributed by atoms with E-state index in [0.29, 0.717) is 0 Å². The first-order valence-corrected chi connectivity index (χ1v) is 10.5. The van der Waals surface area contributed by atoms with Crippen molar-refractivity contribution in [3.63, 3.8) is 0 Å². The van der Waals surface area contributed by atoms with E-state index in [1.165, 1.54) is 16.9 Å². The summed E-state index contributed by atoms with van der Waals surface area (Å²) in [7, 11) is -5.59. The Kier molecular flexibility index (Phi) is 7.35. The lowest BCUT2D eigenvalue weighted by Gasteiger charge is -2.15. The Morgan fingerprint density at radius 1 is 1.21 bits per heavy atom. The lowest BCUT2D eigenvalue weighted by Crippen LogP contribution is -2.30. The number of nitrogens with one attached hydrogen (secondary N) is 1. The van der Waals surface area contributed by atoms with Crippen molar-refractivity contribution < 1.29 is 26.4 Å². The van der Waals surface area contributed by atoms with Crippen molar-refractivity contribution in [3.05, 3.63) is 63.1 Å². The Morgan fingerprint density at radius 2 is 1.86 bits per heavy atom. The third-order valence-electron chi connectivity index (χ3n) is 3.50. The van der Waals surface area contributed by atoms with Gasteiger partial charge in [-0.15, -0.1) is 0 Å². The van der Waals surface area contributed by atoms with Crippen molar-refractivity contribution in [2.75, 3.05) is 4.72 Å².